The molecule has 2 aromatic rings. The number of fused-ring (bicyclic) bond motifs is 1. The average molecular weight is 244 g/mol. The molecule has 0 radical (unpaired) electrons. The van der Waals surface area contributed by atoms with Crippen molar-refractivity contribution < 1.29 is 4.42 Å². The molecule has 1 fully saturated rings. The van der Waals surface area contributed by atoms with Gasteiger partial charge >= 0.3 is 5.76 Å². The number of nitrogens with zero attached hydrogens (tertiary/aromatic N) is 1. The van der Waals surface area contributed by atoms with Gasteiger partial charge in [-0.1, -0.05) is 18.7 Å². The summed E-state index contributed by atoms with van der Waals surface area (Å²) in [6, 6.07) is 8.11. The van der Waals surface area contributed by atoms with Gasteiger partial charge in [0.15, 0.2) is 5.58 Å². The van der Waals surface area contributed by atoms with E-state index < -0.39 is 0 Å². The third kappa shape index (κ3) is 2.24. The van der Waals surface area contributed by atoms with Crippen molar-refractivity contribution in [2.75, 3.05) is 6.54 Å². The molecule has 18 heavy (non-hydrogen) atoms. The molecular weight excluding hydrogens is 228 g/mol. The largest absolute Gasteiger partial charge is 0.420 e. The minimum Gasteiger partial charge on any atom is -0.408 e. The van der Waals surface area contributed by atoms with Crippen molar-refractivity contribution in [3.63, 3.8) is 0 Å². The van der Waals surface area contributed by atoms with Crippen LogP contribution in [0.2, 0.25) is 0 Å². The van der Waals surface area contributed by atoms with Crippen LogP contribution in [0.5, 0.6) is 0 Å². The van der Waals surface area contributed by atoms with E-state index in [-0.39, 0.29) is 5.76 Å². The van der Waals surface area contributed by atoms with Gasteiger partial charge in [0, 0.05) is 12.6 Å². The number of hydrogen-bond donors (Lipinski definition) is 1. The molecule has 1 aromatic heterocycles. The molecule has 4 heteroatoms. The molecule has 3 rings (SSSR count). The van der Waals surface area contributed by atoms with Gasteiger partial charge in [-0.15, -0.1) is 0 Å². The number of rotatable bonds is 5. The molecule has 0 aliphatic heterocycles. The van der Waals surface area contributed by atoms with Crippen LogP contribution in [-0.4, -0.2) is 17.2 Å². The summed E-state index contributed by atoms with van der Waals surface area (Å²) in [6.45, 7) is 5.28. The highest BCUT2D eigenvalue weighted by Gasteiger charge is 2.20. The molecule has 1 heterocycles. The highest BCUT2D eigenvalue weighted by atomic mass is 16.4. The Labute approximate surface area is 105 Å². The lowest BCUT2D eigenvalue weighted by Gasteiger charge is -2.07. The Morgan fingerprint density at radius 3 is 3.00 bits per heavy atom. The zero-order valence-electron chi connectivity index (χ0n) is 10.2. The monoisotopic (exact) mass is 244 g/mol. The van der Waals surface area contributed by atoms with E-state index in [0.717, 1.165) is 17.6 Å². The molecule has 0 spiro atoms. The first-order chi connectivity index (χ1) is 8.74. The smallest absolute Gasteiger partial charge is 0.408 e. The van der Waals surface area contributed by atoms with Gasteiger partial charge in [0.1, 0.15) is 0 Å². The maximum atomic E-state index is 11.8. The molecule has 0 unspecified atom stereocenters. The minimum atomic E-state index is -0.316. The zero-order valence-corrected chi connectivity index (χ0v) is 10.2. The van der Waals surface area contributed by atoms with E-state index in [1.54, 1.807) is 10.6 Å². The molecule has 0 amide bonds. The Morgan fingerprint density at radius 2 is 2.22 bits per heavy atom. The van der Waals surface area contributed by atoms with Crippen molar-refractivity contribution in [1.29, 1.82) is 0 Å². The highest BCUT2D eigenvalue weighted by molar-refractivity contribution is 5.72. The lowest BCUT2D eigenvalue weighted by molar-refractivity contribution is 0.513. The van der Waals surface area contributed by atoms with Gasteiger partial charge in [-0.3, -0.25) is 4.57 Å². The van der Waals surface area contributed by atoms with Gasteiger partial charge in [0.25, 0.3) is 0 Å². The number of para-hydroxylation sites is 2. The van der Waals surface area contributed by atoms with Gasteiger partial charge in [-0.05, 0) is 30.5 Å². The molecule has 1 aromatic carbocycles. The third-order valence-electron chi connectivity index (χ3n) is 3.17. The summed E-state index contributed by atoms with van der Waals surface area (Å²) >= 11 is 0. The Bertz CT molecular complexity index is 635. The molecule has 0 atom stereocenters. The fourth-order valence-electron chi connectivity index (χ4n) is 2.02. The molecule has 1 N–H and O–H groups in total. The summed E-state index contributed by atoms with van der Waals surface area (Å²) in [4.78, 5) is 11.8. The molecule has 1 saturated carbocycles. The standard InChI is InChI=1S/C14H16N2O2/c1-10(8-15-11-6-7-11)9-16-12-4-2-3-5-13(12)18-14(16)17/h2-5,11,15H,1,6-9H2. The van der Waals surface area contributed by atoms with E-state index in [1.807, 2.05) is 18.2 Å². The van der Waals surface area contributed by atoms with Gasteiger partial charge < -0.3 is 9.73 Å². The Kier molecular flexibility index (Phi) is 2.80. The maximum Gasteiger partial charge on any atom is 0.420 e. The summed E-state index contributed by atoms with van der Waals surface area (Å²) in [5, 5.41) is 3.39. The second kappa shape index (κ2) is 4.46. The molecule has 0 saturated heterocycles. The first kappa shape index (κ1) is 11.3. The first-order valence-corrected chi connectivity index (χ1v) is 6.22. The quantitative estimate of drug-likeness (QED) is 0.817. The minimum absolute atomic E-state index is 0.316. The Balaban J connectivity index is 1.78. The van der Waals surface area contributed by atoms with Crippen molar-refractivity contribution in [3.8, 4) is 0 Å². The van der Waals surface area contributed by atoms with E-state index in [2.05, 4.69) is 11.9 Å². The number of benzene rings is 1. The lowest BCUT2D eigenvalue weighted by atomic mass is 10.2. The van der Waals surface area contributed by atoms with Crippen LogP contribution in [0.3, 0.4) is 0 Å². The van der Waals surface area contributed by atoms with E-state index in [0.29, 0.717) is 18.2 Å². The lowest BCUT2D eigenvalue weighted by Crippen LogP contribution is -2.23. The summed E-state index contributed by atoms with van der Waals surface area (Å²) in [5.41, 5.74) is 2.45. The maximum absolute atomic E-state index is 11.8. The van der Waals surface area contributed by atoms with Crippen LogP contribution in [0.25, 0.3) is 11.1 Å². The molecule has 4 nitrogen and oxygen atoms in total. The number of oxazole rings is 1. The van der Waals surface area contributed by atoms with Crippen LogP contribution in [0.4, 0.5) is 0 Å². The highest BCUT2D eigenvalue weighted by Crippen LogP contribution is 2.19. The summed E-state index contributed by atoms with van der Waals surface area (Å²) in [6.07, 6.45) is 2.50. The predicted molar refractivity (Wildman–Crippen MR) is 70.6 cm³/mol. The number of nitrogens with one attached hydrogen (secondary N) is 1. The number of hydrogen-bond acceptors (Lipinski definition) is 3. The van der Waals surface area contributed by atoms with E-state index in [4.69, 9.17) is 4.42 Å². The third-order valence-corrected chi connectivity index (χ3v) is 3.17. The first-order valence-electron chi connectivity index (χ1n) is 6.22. The van der Waals surface area contributed by atoms with Crippen LogP contribution in [0.15, 0.2) is 45.6 Å². The second-order valence-corrected chi connectivity index (χ2v) is 4.83. The normalized spacial score (nSPS) is 15.1. The second-order valence-electron chi connectivity index (χ2n) is 4.83. The molecule has 1 aliphatic carbocycles. The van der Waals surface area contributed by atoms with E-state index in [1.165, 1.54) is 12.8 Å². The van der Waals surface area contributed by atoms with Crippen molar-refractivity contribution >= 4 is 11.1 Å². The fraction of sp³-hybridized carbons (Fsp3) is 0.357. The van der Waals surface area contributed by atoms with E-state index >= 15 is 0 Å². The van der Waals surface area contributed by atoms with Crippen LogP contribution in [-0.2, 0) is 6.54 Å². The van der Waals surface area contributed by atoms with Gasteiger partial charge in [0.05, 0.1) is 12.1 Å². The van der Waals surface area contributed by atoms with Crippen LogP contribution < -0.4 is 11.1 Å². The van der Waals surface area contributed by atoms with E-state index in [9.17, 15) is 4.79 Å². The SMILES string of the molecule is C=C(CNC1CC1)Cn1c(=O)oc2ccccc21. The Morgan fingerprint density at radius 1 is 1.44 bits per heavy atom. The van der Waals surface area contributed by atoms with Crippen molar-refractivity contribution in [3.05, 3.63) is 47.0 Å². The van der Waals surface area contributed by atoms with Gasteiger partial charge in [0.2, 0.25) is 0 Å². The number of aromatic nitrogens is 1. The van der Waals surface area contributed by atoms with Crippen molar-refractivity contribution in [1.82, 2.24) is 9.88 Å². The predicted octanol–water partition coefficient (Wildman–Crippen LogP) is 1.90. The van der Waals surface area contributed by atoms with Gasteiger partial charge in [-0.2, -0.15) is 0 Å². The molecule has 0 bridgehead atoms. The van der Waals surface area contributed by atoms with Crippen LogP contribution in [0, 0.1) is 0 Å². The van der Waals surface area contributed by atoms with Gasteiger partial charge in [-0.25, -0.2) is 4.79 Å². The fourth-order valence-corrected chi connectivity index (χ4v) is 2.02. The summed E-state index contributed by atoms with van der Waals surface area (Å²) in [7, 11) is 0. The zero-order chi connectivity index (χ0) is 12.5. The van der Waals surface area contributed by atoms with Crippen LogP contribution in [0.1, 0.15) is 12.8 Å². The average Bonchev–Trinajstić information content (AvgIpc) is 3.14. The molecule has 94 valence electrons. The van der Waals surface area contributed by atoms with Crippen LogP contribution >= 0.6 is 0 Å². The molecular formula is C14H16N2O2. The Hall–Kier alpha value is -1.81. The summed E-state index contributed by atoms with van der Waals surface area (Å²) in [5.74, 6) is -0.316. The topological polar surface area (TPSA) is 47.2 Å². The van der Waals surface area contributed by atoms with Crippen molar-refractivity contribution in [2.45, 2.75) is 25.4 Å². The molecule has 1 aliphatic rings. The van der Waals surface area contributed by atoms with Crippen molar-refractivity contribution in [2.24, 2.45) is 0 Å². The summed E-state index contributed by atoms with van der Waals surface area (Å²) < 4.78 is 6.81.